The number of ether oxygens (including phenoxy) is 2. The van der Waals surface area contributed by atoms with Gasteiger partial charge in [0, 0.05) is 33.5 Å². The Kier molecular flexibility index (Phi) is 10.7. The normalized spacial score (nSPS) is 12.2. The minimum Gasteiger partial charge on any atom is -0.493 e. The summed E-state index contributed by atoms with van der Waals surface area (Å²) in [5, 5.41) is 0. The summed E-state index contributed by atoms with van der Waals surface area (Å²) in [5.41, 5.74) is 5.50. The number of hydrogen-bond donors (Lipinski definition) is 1. The topological polar surface area (TPSA) is 98.9 Å². The molecule has 0 saturated heterocycles. The van der Waals surface area contributed by atoms with Crippen molar-refractivity contribution in [3.8, 4) is 5.75 Å². The van der Waals surface area contributed by atoms with Crippen molar-refractivity contribution in [2.24, 2.45) is 5.73 Å². The average Bonchev–Trinajstić information content (AvgIpc) is 2.55. The van der Waals surface area contributed by atoms with Gasteiger partial charge in [-0.15, -0.1) is 12.4 Å². The Hall–Kier alpha value is -1.35. The van der Waals surface area contributed by atoms with Gasteiger partial charge >= 0.3 is 0 Å². The summed E-state index contributed by atoms with van der Waals surface area (Å²) in [6.45, 7) is 1.22. The number of rotatable bonds is 10. The first-order valence-corrected chi connectivity index (χ1v) is 9.56. The van der Waals surface area contributed by atoms with E-state index in [0.717, 1.165) is 6.26 Å². The number of carbonyl (C=O) groups excluding carboxylic acids is 1. The Morgan fingerprint density at radius 1 is 1.36 bits per heavy atom. The molecular weight excluding hydrogens is 368 g/mol. The summed E-state index contributed by atoms with van der Waals surface area (Å²) >= 11 is 0. The van der Waals surface area contributed by atoms with Crippen LogP contribution in [0.5, 0.6) is 5.75 Å². The van der Waals surface area contributed by atoms with Gasteiger partial charge in [-0.1, -0.05) is 6.07 Å². The van der Waals surface area contributed by atoms with Gasteiger partial charge in [-0.3, -0.25) is 4.79 Å². The molecule has 0 aliphatic heterocycles. The summed E-state index contributed by atoms with van der Waals surface area (Å²) in [6, 6.07) is 6.36. The smallest absolute Gasteiger partial charge is 0.224 e. The molecule has 1 atom stereocenters. The third-order valence-corrected chi connectivity index (χ3v) is 4.67. The molecule has 1 aromatic carbocycles. The van der Waals surface area contributed by atoms with Crippen LogP contribution < -0.4 is 10.5 Å². The summed E-state index contributed by atoms with van der Waals surface area (Å²) in [7, 11) is -0.00312. The number of halogens is 1. The molecule has 0 spiro atoms. The maximum atomic E-state index is 12.0. The highest BCUT2D eigenvalue weighted by molar-refractivity contribution is 7.90. The minimum absolute atomic E-state index is 0. The number of amides is 1. The molecule has 0 aliphatic rings. The van der Waals surface area contributed by atoms with Gasteiger partial charge in [0.15, 0.2) is 9.84 Å². The lowest BCUT2D eigenvalue weighted by Gasteiger charge is -2.20. The molecule has 0 aliphatic carbocycles. The van der Waals surface area contributed by atoms with Crippen LogP contribution in [-0.2, 0) is 19.4 Å². The van der Waals surface area contributed by atoms with E-state index in [9.17, 15) is 13.2 Å². The lowest BCUT2D eigenvalue weighted by Crippen LogP contribution is -2.34. The maximum Gasteiger partial charge on any atom is 0.224 e. The Morgan fingerprint density at radius 3 is 2.60 bits per heavy atom. The van der Waals surface area contributed by atoms with E-state index in [-0.39, 0.29) is 35.7 Å². The van der Waals surface area contributed by atoms with Gasteiger partial charge in [-0.2, -0.15) is 0 Å². The molecule has 1 rings (SSSR count). The Labute approximate surface area is 155 Å². The highest BCUT2D eigenvalue weighted by Gasteiger charge is 2.15. The van der Waals surface area contributed by atoms with Crippen molar-refractivity contribution in [3.63, 3.8) is 0 Å². The second-order valence-electron chi connectivity index (χ2n) is 5.56. The maximum absolute atomic E-state index is 12.0. The molecule has 0 heterocycles. The fourth-order valence-electron chi connectivity index (χ4n) is 2.02. The molecule has 1 amide bonds. The zero-order valence-electron chi connectivity index (χ0n) is 14.8. The van der Waals surface area contributed by atoms with Crippen molar-refractivity contribution >= 4 is 28.2 Å². The van der Waals surface area contributed by atoms with Gasteiger partial charge in [0.05, 0.1) is 24.0 Å². The molecule has 2 N–H and O–H groups in total. The van der Waals surface area contributed by atoms with E-state index < -0.39 is 9.84 Å². The third kappa shape index (κ3) is 8.53. The molecule has 0 bridgehead atoms. The SMILES string of the molecule is COC(CN)CC(=O)N(C)CCCOc1cccc(S(C)(=O)=O)c1.Cl. The number of hydrogen-bond acceptors (Lipinski definition) is 6. The highest BCUT2D eigenvalue weighted by atomic mass is 35.5. The summed E-state index contributed by atoms with van der Waals surface area (Å²) in [5.74, 6) is 0.459. The fourth-order valence-corrected chi connectivity index (χ4v) is 2.68. The van der Waals surface area contributed by atoms with Crippen LogP contribution in [0.2, 0.25) is 0 Å². The Bertz CT molecular complexity index is 635. The monoisotopic (exact) mass is 394 g/mol. The van der Waals surface area contributed by atoms with Crippen LogP contribution in [0.15, 0.2) is 29.2 Å². The largest absolute Gasteiger partial charge is 0.493 e. The zero-order valence-corrected chi connectivity index (χ0v) is 16.4. The standard InChI is InChI=1S/C16H26N2O5S.ClH/c1-18(16(19)11-14(12-17)22-2)8-5-9-23-13-6-4-7-15(10-13)24(3,20)21;/h4,6-7,10,14H,5,8-9,11-12,17H2,1-3H3;1H. The molecule has 144 valence electrons. The summed E-state index contributed by atoms with van der Waals surface area (Å²) in [6.07, 6.45) is 1.77. The molecule has 7 nitrogen and oxygen atoms in total. The van der Waals surface area contributed by atoms with Gasteiger partial charge in [0.1, 0.15) is 5.75 Å². The van der Waals surface area contributed by atoms with E-state index in [4.69, 9.17) is 15.2 Å². The molecule has 0 saturated carbocycles. The number of benzene rings is 1. The Morgan fingerprint density at radius 2 is 2.04 bits per heavy atom. The fraction of sp³-hybridized carbons (Fsp3) is 0.562. The molecule has 1 aromatic rings. The predicted octanol–water partition coefficient (Wildman–Crippen LogP) is 1.10. The predicted molar refractivity (Wildman–Crippen MR) is 99.0 cm³/mol. The molecule has 1 unspecified atom stereocenters. The van der Waals surface area contributed by atoms with Crippen molar-refractivity contribution in [1.29, 1.82) is 0 Å². The van der Waals surface area contributed by atoms with E-state index in [1.54, 1.807) is 24.1 Å². The van der Waals surface area contributed by atoms with E-state index in [2.05, 4.69) is 0 Å². The van der Waals surface area contributed by atoms with Gasteiger partial charge in [0.2, 0.25) is 5.91 Å². The van der Waals surface area contributed by atoms with Crippen LogP contribution >= 0.6 is 12.4 Å². The minimum atomic E-state index is -3.25. The molecular formula is C16H27ClN2O5S. The second-order valence-corrected chi connectivity index (χ2v) is 7.58. The number of nitrogens with zero attached hydrogens (tertiary/aromatic N) is 1. The average molecular weight is 395 g/mol. The van der Waals surface area contributed by atoms with Crippen LogP contribution in [-0.4, -0.2) is 65.4 Å². The first-order valence-electron chi connectivity index (χ1n) is 7.67. The lowest BCUT2D eigenvalue weighted by molar-refractivity contribution is -0.132. The van der Waals surface area contributed by atoms with Crippen LogP contribution in [0, 0.1) is 0 Å². The van der Waals surface area contributed by atoms with Crippen molar-refractivity contribution in [3.05, 3.63) is 24.3 Å². The van der Waals surface area contributed by atoms with Crippen molar-refractivity contribution in [2.45, 2.75) is 23.8 Å². The quantitative estimate of drug-likeness (QED) is 0.596. The molecule has 0 fully saturated rings. The van der Waals surface area contributed by atoms with Crippen LogP contribution in [0.3, 0.4) is 0 Å². The summed E-state index contributed by atoms with van der Waals surface area (Å²) < 4.78 is 33.6. The number of nitrogens with two attached hydrogens (primary N) is 1. The molecule has 0 aromatic heterocycles. The molecule has 9 heteroatoms. The van der Waals surface area contributed by atoms with Gasteiger partial charge < -0.3 is 20.1 Å². The van der Waals surface area contributed by atoms with E-state index in [0.29, 0.717) is 31.9 Å². The number of carbonyl (C=O) groups is 1. The first kappa shape index (κ1) is 23.6. The van der Waals surface area contributed by atoms with Crippen LogP contribution in [0.25, 0.3) is 0 Å². The zero-order chi connectivity index (χ0) is 18.2. The van der Waals surface area contributed by atoms with Crippen LogP contribution in [0.1, 0.15) is 12.8 Å². The molecule has 0 radical (unpaired) electrons. The number of methoxy groups -OCH3 is 1. The van der Waals surface area contributed by atoms with Crippen LogP contribution in [0.4, 0.5) is 0 Å². The highest BCUT2D eigenvalue weighted by Crippen LogP contribution is 2.17. The van der Waals surface area contributed by atoms with Gasteiger partial charge in [-0.05, 0) is 24.6 Å². The van der Waals surface area contributed by atoms with E-state index in [1.807, 2.05) is 0 Å². The van der Waals surface area contributed by atoms with Crippen molar-refractivity contribution in [1.82, 2.24) is 4.90 Å². The summed E-state index contributed by atoms with van der Waals surface area (Å²) in [4.78, 5) is 13.8. The Balaban J connectivity index is 0.00000576. The number of sulfone groups is 1. The van der Waals surface area contributed by atoms with Gasteiger partial charge in [-0.25, -0.2) is 8.42 Å². The van der Waals surface area contributed by atoms with Crippen molar-refractivity contribution < 1.29 is 22.7 Å². The first-order chi connectivity index (χ1) is 11.3. The second kappa shape index (κ2) is 11.3. The van der Waals surface area contributed by atoms with Crippen molar-refractivity contribution in [2.75, 3.05) is 40.1 Å². The lowest BCUT2D eigenvalue weighted by atomic mass is 10.2. The van der Waals surface area contributed by atoms with E-state index >= 15 is 0 Å². The van der Waals surface area contributed by atoms with Gasteiger partial charge in [0.25, 0.3) is 0 Å². The third-order valence-electron chi connectivity index (χ3n) is 3.56. The van der Waals surface area contributed by atoms with E-state index in [1.165, 1.54) is 19.2 Å². The molecule has 25 heavy (non-hydrogen) atoms.